The first-order valence-electron chi connectivity index (χ1n) is 8.12. The van der Waals surface area contributed by atoms with Gasteiger partial charge in [0.2, 0.25) is 17.3 Å². The molecule has 0 spiro atoms. The topological polar surface area (TPSA) is 147 Å². The van der Waals surface area contributed by atoms with E-state index in [1.165, 1.54) is 12.1 Å². The maximum atomic E-state index is 14.5. The molecule has 0 saturated heterocycles. The van der Waals surface area contributed by atoms with Gasteiger partial charge in [0, 0.05) is 23.8 Å². The van der Waals surface area contributed by atoms with Gasteiger partial charge >= 0.3 is 5.69 Å². The highest BCUT2D eigenvalue weighted by molar-refractivity contribution is 5.41. The highest BCUT2D eigenvalue weighted by Crippen LogP contribution is 2.28. The first kappa shape index (κ1) is 19.6. The van der Waals surface area contributed by atoms with Gasteiger partial charge < -0.3 is 4.74 Å². The molecule has 0 radical (unpaired) electrons. The summed E-state index contributed by atoms with van der Waals surface area (Å²) < 4.78 is 34.5. The van der Waals surface area contributed by atoms with Gasteiger partial charge in [0.15, 0.2) is 11.6 Å². The molecule has 0 aliphatic rings. The molecule has 2 heterocycles. The van der Waals surface area contributed by atoms with Gasteiger partial charge in [-0.15, -0.1) is 10.2 Å². The average molecular weight is 402 g/mol. The van der Waals surface area contributed by atoms with E-state index in [-0.39, 0.29) is 17.5 Å². The molecule has 0 bridgehead atoms. The van der Waals surface area contributed by atoms with Crippen LogP contribution in [0.3, 0.4) is 0 Å². The van der Waals surface area contributed by atoms with E-state index in [1.54, 1.807) is 13.8 Å². The number of aromatic nitrogens is 5. The predicted molar refractivity (Wildman–Crippen MR) is 94.1 cm³/mol. The highest BCUT2D eigenvalue weighted by Gasteiger charge is 2.18. The van der Waals surface area contributed by atoms with Crippen LogP contribution in [0.1, 0.15) is 31.0 Å². The number of hydrogen-bond donors (Lipinski definition) is 2. The zero-order chi connectivity index (χ0) is 21.3. The van der Waals surface area contributed by atoms with Gasteiger partial charge in [-0.1, -0.05) is 13.8 Å². The van der Waals surface area contributed by atoms with Crippen LogP contribution in [0.15, 0.2) is 32.6 Å². The van der Waals surface area contributed by atoms with E-state index >= 15 is 0 Å². The van der Waals surface area contributed by atoms with Crippen molar-refractivity contribution in [3.63, 3.8) is 0 Å². The summed E-state index contributed by atoms with van der Waals surface area (Å²) in [5.41, 5.74) is -3.32. The van der Waals surface area contributed by atoms with Crippen LogP contribution in [0.4, 0.5) is 8.78 Å². The molecule has 3 aromatic rings. The lowest BCUT2D eigenvalue weighted by molar-refractivity contribution is 0.389. The first-order chi connectivity index (χ1) is 13.7. The van der Waals surface area contributed by atoms with Gasteiger partial charge in [0.25, 0.3) is 11.1 Å². The Labute approximate surface area is 160 Å². The van der Waals surface area contributed by atoms with E-state index in [4.69, 9.17) is 10.00 Å². The number of H-pyrrole nitrogens is 2. The fourth-order valence-corrected chi connectivity index (χ4v) is 2.40. The third kappa shape index (κ3) is 3.79. The normalized spacial score (nSPS) is 10.8. The lowest BCUT2D eigenvalue weighted by Crippen LogP contribution is -2.33. The molecule has 1 aromatic carbocycles. The van der Waals surface area contributed by atoms with Crippen LogP contribution >= 0.6 is 0 Å². The lowest BCUT2D eigenvalue weighted by Gasteiger charge is -2.11. The van der Waals surface area contributed by atoms with E-state index < -0.39 is 39.9 Å². The van der Waals surface area contributed by atoms with Crippen molar-refractivity contribution in [1.29, 1.82) is 5.26 Å². The number of aromatic amines is 2. The summed E-state index contributed by atoms with van der Waals surface area (Å²) >= 11 is 0. The van der Waals surface area contributed by atoms with E-state index in [9.17, 15) is 23.2 Å². The second kappa shape index (κ2) is 7.47. The van der Waals surface area contributed by atoms with Crippen molar-refractivity contribution in [2.24, 2.45) is 0 Å². The summed E-state index contributed by atoms with van der Waals surface area (Å²) in [4.78, 5) is 36.8. The van der Waals surface area contributed by atoms with Gasteiger partial charge in [-0.3, -0.25) is 14.6 Å². The van der Waals surface area contributed by atoms with Crippen molar-refractivity contribution >= 4 is 0 Å². The van der Waals surface area contributed by atoms with Crippen molar-refractivity contribution in [2.75, 3.05) is 0 Å². The lowest BCUT2D eigenvalue weighted by atomic mass is 10.1. The number of halogens is 2. The van der Waals surface area contributed by atoms with Gasteiger partial charge in [-0.25, -0.2) is 18.7 Å². The van der Waals surface area contributed by atoms with E-state index in [0.29, 0.717) is 10.2 Å². The van der Waals surface area contributed by atoms with Crippen LogP contribution in [0, 0.1) is 23.0 Å². The maximum Gasteiger partial charge on any atom is 0.349 e. The molecule has 148 valence electrons. The minimum absolute atomic E-state index is 0.186. The van der Waals surface area contributed by atoms with E-state index in [2.05, 4.69) is 15.3 Å². The minimum atomic E-state index is -1.21. The van der Waals surface area contributed by atoms with Crippen LogP contribution in [-0.4, -0.2) is 25.0 Å². The molecule has 12 heteroatoms. The average Bonchev–Trinajstić information content (AvgIpc) is 2.65. The number of hydrogen-bond acceptors (Lipinski definition) is 7. The largest absolute Gasteiger partial charge is 0.431 e. The minimum Gasteiger partial charge on any atom is -0.431 e. The summed E-state index contributed by atoms with van der Waals surface area (Å²) in [6.45, 7) is 3.49. The van der Waals surface area contributed by atoms with Crippen molar-refractivity contribution in [3.05, 3.63) is 72.3 Å². The second-order valence-electron chi connectivity index (χ2n) is 6.12. The SMILES string of the molecule is CC(C)c1cc(Oc2c(F)cc(-n3nc(C#N)c(=O)[nH]c3=O)cc2F)n[nH]c1=O. The summed E-state index contributed by atoms with van der Waals surface area (Å²) in [6.07, 6.45) is 0. The highest BCUT2D eigenvalue weighted by atomic mass is 19.1. The molecule has 0 aliphatic heterocycles. The quantitative estimate of drug-likeness (QED) is 0.663. The number of nitrogens with zero attached hydrogens (tertiary/aromatic N) is 4. The number of rotatable bonds is 4. The molecule has 0 amide bonds. The molecule has 0 unspecified atom stereocenters. The maximum absolute atomic E-state index is 14.5. The van der Waals surface area contributed by atoms with Crippen LogP contribution in [0.25, 0.3) is 5.69 Å². The smallest absolute Gasteiger partial charge is 0.349 e. The predicted octanol–water partition coefficient (Wildman–Crippen LogP) is 1.07. The van der Waals surface area contributed by atoms with Gasteiger partial charge in [-0.2, -0.15) is 9.94 Å². The Kier molecular flexibility index (Phi) is 5.05. The standard InChI is InChI=1S/C17H12F2N6O4/c1-7(2)9-5-13(22-23-15(9)26)29-14-10(18)3-8(4-11(14)19)25-17(28)21-16(27)12(6-20)24-25/h3-5,7H,1-2H3,(H,23,26)(H,21,27,28). The van der Waals surface area contributed by atoms with Gasteiger partial charge in [-0.05, 0) is 5.92 Å². The summed E-state index contributed by atoms with van der Waals surface area (Å²) in [7, 11) is 0. The monoisotopic (exact) mass is 402 g/mol. The van der Waals surface area contributed by atoms with Crippen LogP contribution in [0.5, 0.6) is 11.6 Å². The number of ether oxygens (including phenoxy) is 1. The molecule has 29 heavy (non-hydrogen) atoms. The van der Waals surface area contributed by atoms with Crippen molar-refractivity contribution in [2.45, 2.75) is 19.8 Å². The Morgan fingerprint density at radius 1 is 1.14 bits per heavy atom. The Hall–Kier alpha value is -4.14. The molecule has 0 atom stereocenters. The summed E-state index contributed by atoms with van der Waals surface area (Å²) in [5.74, 6) is -3.69. The van der Waals surface area contributed by atoms with Crippen molar-refractivity contribution in [1.82, 2.24) is 25.0 Å². The molecular formula is C17H12F2N6O4. The molecule has 3 rings (SSSR count). The molecular weight excluding hydrogens is 390 g/mol. The van der Waals surface area contributed by atoms with Crippen molar-refractivity contribution < 1.29 is 13.5 Å². The number of nitriles is 1. The summed E-state index contributed by atoms with van der Waals surface area (Å²) in [6, 6.07) is 4.16. The van der Waals surface area contributed by atoms with Crippen LogP contribution in [0.2, 0.25) is 0 Å². The number of benzene rings is 1. The fourth-order valence-electron chi connectivity index (χ4n) is 2.40. The Morgan fingerprint density at radius 2 is 1.79 bits per heavy atom. The molecule has 2 N–H and O–H groups in total. The molecule has 2 aromatic heterocycles. The van der Waals surface area contributed by atoms with Gasteiger partial charge in [0.05, 0.1) is 5.69 Å². The zero-order valence-electron chi connectivity index (χ0n) is 15.0. The third-order valence-corrected chi connectivity index (χ3v) is 3.80. The fraction of sp³-hybridized carbons (Fsp3) is 0.176. The van der Waals surface area contributed by atoms with E-state index in [1.807, 2.05) is 4.98 Å². The third-order valence-electron chi connectivity index (χ3n) is 3.80. The first-order valence-corrected chi connectivity index (χ1v) is 8.12. The molecule has 10 nitrogen and oxygen atoms in total. The Bertz CT molecular complexity index is 1300. The number of nitrogens with one attached hydrogen (secondary N) is 2. The van der Waals surface area contributed by atoms with Crippen LogP contribution < -0.4 is 21.5 Å². The summed E-state index contributed by atoms with van der Waals surface area (Å²) in [5, 5.41) is 18.1. The van der Waals surface area contributed by atoms with Gasteiger partial charge in [0.1, 0.15) is 6.07 Å². The molecule has 0 saturated carbocycles. The van der Waals surface area contributed by atoms with E-state index in [0.717, 1.165) is 12.1 Å². The molecule has 0 aliphatic carbocycles. The van der Waals surface area contributed by atoms with Crippen LogP contribution in [-0.2, 0) is 0 Å². The van der Waals surface area contributed by atoms with Crippen molar-refractivity contribution in [3.8, 4) is 23.4 Å². The zero-order valence-corrected chi connectivity index (χ0v) is 15.0. The Morgan fingerprint density at radius 3 is 2.38 bits per heavy atom. The Balaban J connectivity index is 2.05. The molecule has 0 fully saturated rings. The second-order valence-corrected chi connectivity index (χ2v) is 6.12.